The van der Waals surface area contributed by atoms with Gasteiger partial charge in [-0.1, -0.05) is 152 Å². The average molecular weight is 719 g/mol. The van der Waals surface area contributed by atoms with Gasteiger partial charge in [0.1, 0.15) is 0 Å². The Labute approximate surface area is 319 Å². The molecule has 2 heteroatoms. The van der Waals surface area contributed by atoms with Gasteiger partial charge in [-0.2, -0.15) is 0 Å². The summed E-state index contributed by atoms with van der Waals surface area (Å²) in [5.74, 6) is 0. The third-order valence-corrected chi connectivity index (χ3v) is 13.8. The molecule has 0 amide bonds. The summed E-state index contributed by atoms with van der Waals surface area (Å²) in [5.41, 5.74) is 7.56. The summed E-state index contributed by atoms with van der Waals surface area (Å²) >= 11 is 3.83. The van der Waals surface area contributed by atoms with Crippen molar-refractivity contribution in [1.29, 1.82) is 0 Å². The molecule has 0 atom stereocenters. The highest BCUT2D eigenvalue weighted by molar-refractivity contribution is 7.29. The average Bonchev–Trinajstić information content (AvgIpc) is 3.79. The fourth-order valence-electron chi connectivity index (χ4n) is 8.97. The lowest BCUT2D eigenvalue weighted by Crippen LogP contribution is -1.91. The van der Waals surface area contributed by atoms with Crippen LogP contribution in [-0.4, -0.2) is 0 Å². The van der Waals surface area contributed by atoms with Crippen LogP contribution in [0, 0.1) is 0 Å². The van der Waals surface area contributed by atoms with Crippen LogP contribution in [0.2, 0.25) is 0 Å². The van der Waals surface area contributed by atoms with Crippen LogP contribution in [0.15, 0.2) is 182 Å². The maximum Gasteiger partial charge on any atom is 0.0448 e. The Morgan fingerprint density at radius 1 is 0.278 bits per heavy atom. The quantitative estimate of drug-likeness (QED) is 0.160. The molecule has 2 aromatic heterocycles. The third kappa shape index (κ3) is 4.42. The highest BCUT2D eigenvalue weighted by Crippen LogP contribution is 2.47. The third-order valence-electron chi connectivity index (χ3n) is 11.4. The normalized spacial score (nSPS) is 12.1. The Balaban J connectivity index is 0.987. The van der Waals surface area contributed by atoms with Gasteiger partial charge in [-0.05, 0) is 107 Å². The van der Waals surface area contributed by atoms with Crippen molar-refractivity contribution in [2.24, 2.45) is 0 Å². The number of hydrogen-bond acceptors (Lipinski definition) is 2. The van der Waals surface area contributed by atoms with E-state index in [9.17, 15) is 0 Å². The van der Waals surface area contributed by atoms with Gasteiger partial charge in [0.05, 0.1) is 0 Å². The molecule has 54 heavy (non-hydrogen) atoms. The van der Waals surface area contributed by atoms with E-state index < -0.39 is 0 Å². The van der Waals surface area contributed by atoms with Gasteiger partial charge in [0.25, 0.3) is 0 Å². The van der Waals surface area contributed by atoms with Gasteiger partial charge in [-0.3, -0.25) is 0 Å². The van der Waals surface area contributed by atoms with E-state index in [1.807, 2.05) is 22.7 Å². The van der Waals surface area contributed by atoms with E-state index in [0.717, 1.165) is 0 Å². The minimum atomic E-state index is 1.23. The SMILES string of the molecule is c1ccc2c(-c3c4ccccc4c(-c4ccc(-c5ccc6cc7c(cc6c5)sc5c7ccc6sc7ccccc7c65)cc4)c4ccccc34)cccc2c1. The summed E-state index contributed by atoms with van der Waals surface area (Å²) in [6.45, 7) is 0. The Morgan fingerprint density at radius 2 is 0.907 bits per heavy atom. The summed E-state index contributed by atoms with van der Waals surface area (Å²) in [4.78, 5) is 0. The fraction of sp³-hybridized carbons (Fsp3) is 0. The molecule has 0 aliphatic carbocycles. The molecule has 0 unspecified atom stereocenters. The van der Waals surface area contributed by atoms with Crippen molar-refractivity contribution in [2.45, 2.75) is 0 Å². The van der Waals surface area contributed by atoms with E-state index in [0.29, 0.717) is 0 Å². The number of hydrogen-bond donors (Lipinski definition) is 0. The first-order chi connectivity index (χ1) is 26.8. The Hall–Kier alpha value is -6.32. The molecule has 12 rings (SSSR count). The van der Waals surface area contributed by atoms with Crippen LogP contribution in [-0.2, 0) is 0 Å². The van der Waals surface area contributed by atoms with Crippen molar-refractivity contribution in [3.8, 4) is 33.4 Å². The highest BCUT2D eigenvalue weighted by Gasteiger charge is 2.18. The summed E-state index contributed by atoms with van der Waals surface area (Å²) in [6.07, 6.45) is 0. The molecule has 0 aliphatic heterocycles. The van der Waals surface area contributed by atoms with Crippen molar-refractivity contribution in [1.82, 2.24) is 0 Å². The lowest BCUT2D eigenvalue weighted by Gasteiger charge is -2.19. The van der Waals surface area contributed by atoms with Crippen LogP contribution < -0.4 is 0 Å². The standard InChI is InChI=1S/C52H30S2/c1-2-12-37-32(10-1)11-9-18-38(37)50-41-15-5-3-13-39(41)49(40-14-4-6-16-42(40)50)33-22-20-31(21-23-33)34-24-25-35-29-45-43-26-27-47-51(44-17-7-8-19-46(44)53-47)52(43)54-48(45)30-36(35)28-34/h1-30H. The molecule has 0 fully saturated rings. The molecule has 0 nitrogen and oxygen atoms in total. The topological polar surface area (TPSA) is 0 Å². The van der Waals surface area contributed by atoms with E-state index >= 15 is 0 Å². The molecule has 250 valence electrons. The number of fused-ring (bicyclic) bond motifs is 11. The fourth-order valence-corrected chi connectivity index (χ4v) is 11.4. The van der Waals surface area contributed by atoms with E-state index in [1.54, 1.807) is 0 Å². The van der Waals surface area contributed by atoms with Crippen LogP contribution in [0.1, 0.15) is 0 Å². The summed E-state index contributed by atoms with van der Waals surface area (Å²) in [7, 11) is 0. The van der Waals surface area contributed by atoms with E-state index in [2.05, 4.69) is 182 Å². The van der Waals surface area contributed by atoms with Gasteiger partial charge >= 0.3 is 0 Å². The molecule has 2 heterocycles. The summed E-state index contributed by atoms with van der Waals surface area (Å²) < 4.78 is 5.47. The largest absolute Gasteiger partial charge is 0.135 e. The number of rotatable bonds is 3. The Bertz CT molecular complexity index is 3430. The van der Waals surface area contributed by atoms with Crippen molar-refractivity contribution in [3.63, 3.8) is 0 Å². The molecule has 0 aliphatic rings. The second-order valence-corrected chi connectivity index (χ2v) is 16.5. The molecule has 0 radical (unpaired) electrons. The molecular weight excluding hydrogens is 689 g/mol. The van der Waals surface area contributed by atoms with Gasteiger partial charge < -0.3 is 0 Å². The zero-order valence-electron chi connectivity index (χ0n) is 29.1. The van der Waals surface area contributed by atoms with Gasteiger partial charge in [-0.25, -0.2) is 0 Å². The highest BCUT2D eigenvalue weighted by atomic mass is 32.1. The molecule has 10 aromatic carbocycles. The monoisotopic (exact) mass is 718 g/mol. The summed E-state index contributed by atoms with van der Waals surface area (Å²) in [5, 5.41) is 15.7. The predicted molar refractivity (Wildman–Crippen MR) is 239 cm³/mol. The van der Waals surface area contributed by atoms with Crippen molar-refractivity contribution in [3.05, 3.63) is 182 Å². The second kappa shape index (κ2) is 11.6. The van der Waals surface area contributed by atoms with Crippen molar-refractivity contribution in [2.75, 3.05) is 0 Å². The van der Waals surface area contributed by atoms with E-state index in [4.69, 9.17) is 0 Å². The zero-order valence-corrected chi connectivity index (χ0v) is 30.8. The van der Waals surface area contributed by atoms with Crippen LogP contribution >= 0.6 is 22.7 Å². The molecule has 12 aromatic rings. The lowest BCUT2D eigenvalue weighted by atomic mass is 9.84. The molecule has 0 saturated carbocycles. The smallest absolute Gasteiger partial charge is 0.0448 e. The maximum atomic E-state index is 2.41. The minimum absolute atomic E-state index is 1.23. The van der Waals surface area contributed by atoms with Gasteiger partial charge in [0, 0.05) is 40.3 Å². The zero-order chi connectivity index (χ0) is 35.3. The van der Waals surface area contributed by atoms with Crippen LogP contribution in [0.4, 0.5) is 0 Å². The van der Waals surface area contributed by atoms with E-state index in [-0.39, 0.29) is 0 Å². The molecular formula is C52H30S2. The predicted octanol–water partition coefficient (Wildman–Crippen LogP) is 16.0. The molecule has 0 saturated heterocycles. The second-order valence-electron chi connectivity index (χ2n) is 14.4. The van der Waals surface area contributed by atoms with Crippen LogP contribution in [0.25, 0.3) is 117 Å². The lowest BCUT2D eigenvalue weighted by molar-refractivity contribution is 1.63. The summed E-state index contributed by atoms with van der Waals surface area (Å²) in [6, 6.07) is 67.8. The Kier molecular flexibility index (Phi) is 6.48. The van der Waals surface area contributed by atoms with Crippen LogP contribution in [0.3, 0.4) is 0 Å². The first-order valence-electron chi connectivity index (χ1n) is 18.5. The number of benzene rings is 10. The van der Waals surface area contributed by atoms with Crippen molar-refractivity contribution < 1.29 is 0 Å². The first kappa shape index (κ1) is 30.2. The first-order valence-corrected chi connectivity index (χ1v) is 20.1. The Morgan fingerprint density at radius 3 is 1.69 bits per heavy atom. The molecule has 0 bridgehead atoms. The molecule has 0 N–H and O–H groups in total. The van der Waals surface area contributed by atoms with Crippen LogP contribution in [0.5, 0.6) is 0 Å². The maximum absolute atomic E-state index is 2.41. The van der Waals surface area contributed by atoms with Gasteiger partial charge in [0.15, 0.2) is 0 Å². The van der Waals surface area contributed by atoms with Gasteiger partial charge in [0.2, 0.25) is 0 Å². The van der Waals surface area contributed by atoms with Gasteiger partial charge in [-0.15, -0.1) is 22.7 Å². The number of thiophene rings is 2. The van der Waals surface area contributed by atoms with Crippen molar-refractivity contribution >= 4 is 106 Å². The molecule has 0 spiro atoms. The van der Waals surface area contributed by atoms with E-state index in [1.165, 1.54) is 117 Å². The minimum Gasteiger partial charge on any atom is -0.135 e.